The standard InChI is InChI=1S/C24H22N2O6S2/c1-11-7-13(29-3)17-15(9-11)33-21(19(25-17)23(27)31-5)22-20(24(28)32-6)26-18-14(30-4)8-12(2)10-16(18)34-22/h7-10H,1-6H3/b22-21+. The lowest BCUT2D eigenvalue weighted by Crippen LogP contribution is -2.25. The van der Waals surface area contributed by atoms with Crippen LogP contribution in [-0.4, -0.2) is 51.8 Å². The maximum absolute atomic E-state index is 12.8. The van der Waals surface area contributed by atoms with Crippen LogP contribution in [0, 0.1) is 13.8 Å². The molecule has 2 aliphatic heterocycles. The first-order chi connectivity index (χ1) is 16.3. The molecule has 0 amide bonds. The molecule has 0 fully saturated rings. The Morgan fingerprint density at radius 3 is 1.38 bits per heavy atom. The summed E-state index contributed by atoms with van der Waals surface area (Å²) in [6.45, 7) is 3.88. The van der Waals surface area contributed by atoms with Gasteiger partial charge in [-0.1, -0.05) is 23.5 Å². The molecule has 2 heterocycles. The van der Waals surface area contributed by atoms with Gasteiger partial charge in [-0.05, 0) is 49.2 Å². The second-order valence-electron chi connectivity index (χ2n) is 7.39. The number of methoxy groups -OCH3 is 4. The molecule has 4 rings (SSSR count). The van der Waals surface area contributed by atoms with Gasteiger partial charge in [0.25, 0.3) is 0 Å². The Hall–Kier alpha value is -3.24. The quantitative estimate of drug-likeness (QED) is 0.548. The molecule has 0 N–H and O–H groups in total. The molecule has 2 aromatic carbocycles. The Morgan fingerprint density at radius 1 is 0.676 bits per heavy atom. The van der Waals surface area contributed by atoms with Crippen molar-refractivity contribution in [1.29, 1.82) is 0 Å². The van der Waals surface area contributed by atoms with E-state index in [9.17, 15) is 9.59 Å². The minimum atomic E-state index is -0.638. The second kappa shape index (κ2) is 9.55. The van der Waals surface area contributed by atoms with Gasteiger partial charge < -0.3 is 18.9 Å². The number of carbonyl (C=O) groups is 2. The van der Waals surface area contributed by atoms with Crippen LogP contribution in [-0.2, 0) is 19.1 Å². The smallest absolute Gasteiger partial charge is 0.357 e. The number of aliphatic imine (C=N–C) groups is 2. The minimum absolute atomic E-state index is 0.0596. The fourth-order valence-electron chi connectivity index (χ4n) is 3.53. The van der Waals surface area contributed by atoms with Crippen LogP contribution in [0.5, 0.6) is 11.5 Å². The zero-order chi connectivity index (χ0) is 24.6. The number of esters is 2. The van der Waals surface area contributed by atoms with Crippen LogP contribution in [0.2, 0.25) is 0 Å². The van der Waals surface area contributed by atoms with E-state index < -0.39 is 11.9 Å². The molecule has 0 aromatic heterocycles. The summed E-state index contributed by atoms with van der Waals surface area (Å²) < 4.78 is 21.0. The molecule has 0 saturated carbocycles. The highest BCUT2D eigenvalue weighted by atomic mass is 32.2. The molecule has 176 valence electrons. The number of rotatable bonds is 4. The largest absolute Gasteiger partial charge is 0.494 e. The third-order valence-electron chi connectivity index (χ3n) is 5.07. The Morgan fingerprint density at radius 2 is 1.06 bits per heavy atom. The van der Waals surface area contributed by atoms with Crippen molar-refractivity contribution in [1.82, 2.24) is 0 Å². The summed E-state index contributed by atoms with van der Waals surface area (Å²) in [6.07, 6.45) is 0. The molecule has 0 aliphatic carbocycles. The molecule has 0 atom stereocenters. The van der Waals surface area contributed by atoms with Gasteiger partial charge in [-0.2, -0.15) is 0 Å². The summed E-state index contributed by atoms with van der Waals surface area (Å²) in [5.41, 5.74) is 3.10. The zero-order valence-electron chi connectivity index (χ0n) is 19.5. The maximum Gasteiger partial charge on any atom is 0.357 e. The molecular formula is C24H22N2O6S2. The van der Waals surface area contributed by atoms with Crippen LogP contribution in [0.15, 0.2) is 53.9 Å². The van der Waals surface area contributed by atoms with Crippen LogP contribution >= 0.6 is 23.5 Å². The van der Waals surface area contributed by atoms with Gasteiger partial charge in [0.15, 0.2) is 11.4 Å². The van der Waals surface area contributed by atoms with Gasteiger partial charge >= 0.3 is 11.9 Å². The fourth-order valence-corrected chi connectivity index (χ4v) is 6.03. The molecule has 34 heavy (non-hydrogen) atoms. The van der Waals surface area contributed by atoms with Crippen molar-refractivity contribution in [2.24, 2.45) is 9.98 Å². The average Bonchev–Trinajstić information content (AvgIpc) is 2.84. The minimum Gasteiger partial charge on any atom is -0.494 e. The van der Waals surface area contributed by atoms with Crippen LogP contribution in [0.4, 0.5) is 11.4 Å². The molecule has 0 spiro atoms. The second-order valence-corrected chi connectivity index (χ2v) is 9.50. The summed E-state index contributed by atoms with van der Waals surface area (Å²) in [5, 5.41) is 0. The number of benzene rings is 2. The van der Waals surface area contributed by atoms with Crippen molar-refractivity contribution in [3.8, 4) is 11.5 Å². The SMILES string of the molecule is COC(=O)C1=Nc2c(OC)cc(C)cc2S/C1=C1/Sc2cc(C)cc(OC)c2N=C1C(=O)OC. The molecule has 2 aromatic rings. The molecule has 0 saturated heterocycles. The predicted molar refractivity (Wildman–Crippen MR) is 132 cm³/mol. The van der Waals surface area contributed by atoms with E-state index in [0.29, 0.717) is 32.7 Å². The lowest BCUT2D eigenvalue weighted by molar-refractivity contribution is -0.133. The van der Waals surface area contributed by atoms with E-state index in [0.717, 1.165) is 20.9 Å². The van der Waals surface area contributed by atoms with Gasteiger partial charge in [-0.25, -0.2) is 19.6 Å². The number of hydrogen-bond acceptors (Lipinski definition) is 10. The number of ether oxygens (including phenoxy) is 4. The summed E-state index contributed by atoms with van der Waals surface area (Å²) >= 11 is 2.61. The fraction of sp³-hybridized carbons (Fsp3) is 0.250. The van der Waals surface area contributed by atoms with Crippen molar-refractivity contribution in [3.05, 3.63) is 45.2 Å². The summed E-state index contributed by atoms with van der Waals surface area (Å²) in [5.74, 6) is -0.199. The van der Waals surface area contributed by atoms with E-state index in [-0.39, 0.29) is 11.4 Å². The number of aryl methyl sites for hydroxylation is 2. The normalized spacial score (nSPS) is 16.5. The molecule has 2 aliphatic rings. The summed E-state index contributed by atoms with van der Waals surface area (Å²) in [6, 6.07) is 7.59. The first-order valence-electron chi connectivity index (χ1n) is 10.1. The Bertz CT molecular complexity index is 1210. The van der Waals surface area contributed by atoms with Gasteiger partial charge in [0.2, 0.25) is 0 Å². The highest BCUT2D eigenvalue weighted by Crippen LogP contribution is 2.52. The molecule has 10 heteroatoms. The maximum atomic E-state index is 12.8. The van der Waals surface area contributed by atoms with E-state index in [4.69, 9.17) is 18.9 Å². The molecule has 0 unspecified atom stereocenters. The zero-order valence-corrected chi connectivity index (χ0v) is 21.1. The van der Waals surface area contributed by atoms with Crippen molar-refractivity contribution >= 4 is 58.3 Å². The third-order valence-corrected chi connectivity index (χ3v) is 7.47. The first kappa shape index (κ1) is 23.9. The Labute approximate surface area is 205 Å². The Balaban J connectivity index is 2.01. The lowest BCUT2D eigenvalue weighted by Gasteiger charge is -2.25. The van der Waals surface area contributed by atoms with Gasteiger partial charge in [0.05, 0.1) is 38.2 Å². The van der Waals surface area contributed by atoms with E-state index in [1.54, 1.807) is 14.2 Å². The number of fused-ring (bicyclic) bond motifs is 2. The van der Waals surface area contributed by atoms with E-state index in [2.05, 4.69) is 9.98 Å². The van der Waals surface area contributed by atoms with Crippen molar-refractivity contribution in [3.63, 3.8) is 0 Å². The number of thioether (sulfide) groups is 2. The summed E-state index contributed by atoms with van der Waals surface area (Å²) in [7, 11) is 5.67. The predicted octanol–water partition coefficient (Wildman–Crippen LogP) is 4.93. The molecule has 0 bridgehead atoms. The average molecular weight is 499 g/mol. The topological polar surface area (TPSA) is 95.8 Å². The monoisotopic (exact) mass is 498 g/mol. The van der Waals surface area contributed by atoms with E-state index in [1.807, 2.05) is 38.1 Å². The van der Waals surface area contributed by atoms with Crippen molar-refractivity contribution in [2.45, 2.75) is 23.6 Å². The van der Waals surface area contributed by atoms with E-state index >= 15 is 0 Å². The van der Waals surface area contributed by atoms with Crippen LogP contribution in [0.1, 0.15) is 11.1 Å². The van der Waals surface area contributed by atoms with Crippen molar-refractivity contribution < 1.29 is 28.5 Å². The van der Waals surface area contributed by atoms with Crippen molar-refractivity contribution in [2.75, 3.05) is 28.4 Å². The van der Waals surface area contributed by atoms with Gasteiger partial charge in [0, 0.05) is 9.79 Å². The number of carbonyl (C=O) groups excluding carboxylic acids is 2. The van der Waals surface area contributed by atoms with Gasteiger partial charge in [0.1, 0.15) is 22.9 Å². The van der Waals surface area contributed by atoms with Crippen LogP contribution in [0.25, 0.3) is 0 Å². The highest BCUT2D eigenvalue weighted by molar-refractivity contribution is 8.08. The molecule has 0 radical (unpaired) electrons. The Kier molecular flexibility index (Phi) is 6.72. The number of nitrogens with zero attached hydrogens (tertiary/aromatic N) is 2. The number of hydrogen-bond donors (Lipinski definition) is 0. The molecule has 8 nitrogen and oxygen atoms in total. The third kappa shape index (κ3) is 4.19. The van der Waals surface area contributed by atoms with Crippen LogP contribution < -0.4 is 9.47 Å². The highest BCUT2D eigenvalue weighted by Gasteiger charge is 2.36. The first-order valence-corrected chi connectivity index (χ1v) is 11.8. The lowest BCUT2D eigenvalue weighted by atomic mass is 10.1. The summed E-state index contributed by atoms with van der Waals surface area (Å²) in [4.78, 5) is 37.3. The molecular weight excluding hydrogens is 476 g/mol. The van der Waals surface area contributed by atoms with Crippen LogP contribution in [0.3, 0.4) is 0 Å². The van der Waals surface area contributed by atoms with Gasteiger partial charge in [-0.3, -0.25) is 0 Å². The van der Waals surface area contributed by atoms with E-state index in [1.165, 1.54) is 37.7 Å². The van der Waals surface area contributed by atoms with Gasteiger partial charge in [-0.15, -0.1) is 0 Å².